The van der Waals surface area contributed by atoms with E-state index >= 15 is 0 Å². The van der Waals surface area contributed by atoms with E-state index in [0.717, 1.165) is 32.4 Å². The molecular formula is C14H10BrClN2OS. The van der Waals surface area contributed by atoms with Crippen LogP contribution < -0.4 is 5.32 Å². The summed E-state index contributed by atoms with van der Waals surface area (Å²) in [4.78, 5) is 5.09. The van der Waals surface area contributed by atoms with Gasteiger partial charge in [-0.3, -0.25) is 0 Å². The van der Waals surface area contributed by atoms with E-state index in [1.165, 1.54) is 11.3 Å². The molecule has 1 N–H and O–H groups in total. The molecule has 0 aliphatic carbocycles. The number of halogens is 2. The van der Waals surface area contributed by atoms with E-state index in [9.17, 15) is 0 Å². The number of nitrogens with one attached hydrogen (secondary N) is 1. The summed E-state index contributed by atoms with van der Waals surface area (Å²) in [6.45, 7) is 0.748. The second-order valence-electron chi connectivity index (χ2n) is 4.13. The molecule has 2 heterocycles. The van der Waals surface area contributed by atoms with Gasteiger partial charge in [0.05, 0.1) is 6.20 Å². The van der Waals surface area contributed by atoms with E-state index < -0.39 is 0 Å². The summed E-state index contributed by atoms with van der Waals surface area (Å²) in [5.41, 5.74) is 2.06. The molecule has 20 heavy (non-hydrogen) atoms. The Kier molecular flexibility index (Phi) is 4.10. The quantitative estimate of drug-likeness (QED) is 0.666. The van der Waals surface area contributed by atoms with Crippen molar-refractivity contribution in [2.24, 2.45) is 0 Å². The molecule has 3 nitrogen and oxygen atoms in total. The number of anilines is 1. The molecule has 0 amide bonds. The van der Waals surface area contributed by atoms with Gasteiger partial charge < -0.3 is 9.73 Å². The van der Waals surface area contributed by atoms with E-state index in [-0.39, 0.29) is 0 Å². The van der Waals surface area contributed by atoms with Crippen LogP contribution in [0.1, 0.15) is 4.88 Å². The minimum Gasteiger partial charge on any atom is -0.444 e. The number of nitrogens with zero attached hydrogens (tertiary/aromatic N) is 1. The van der Waals surface area contributed by atoms with Crippen LogP contribution >= 0.6 is 38.9 Å². The summed E-state index contributed by atoms with van der Waals surface area (Å²) in [6, 6.07) is 10.1. The Morgan fingerprint density at radius 2 is 2.10 bits per heavy atom. The third kappa shape index (κ3) is 3.06. The van der Waals surface area contributed by atoms with E-state index in [2.05, 4.69) is 26.2 Å². The number of oxazole rings is 1. The summed E-state index contributed by atoms with van der Waals surface area (Å²) in [5, 5.41) is 3.36. The Hall–Kier alpha value is -1.30. The Morgan fingerprint density at radius 3 is 2.70 bits per heavy atom. The van der Waals surface area contributed by atoms with Crippen molar-refractivity contribution in [1.82, 2.24) is 4.98 Å². The second-order valence-corrected chi connectivity index (χ2v) is 6.72. The summed E-state index contributed by atoms with van der Waals surface area (Å²) < 4.78 is 6.98. The zero-order chi connectivity index (χ0) is 13.9. The molecule has 0 saturated heterocycles. The van der Waals surface area contributed by atoms with E-state index in [1.807, 2.05) is 30.3 Å². The largest absolute Gasteiger partial charge is 0.444 e. The Labute approximate surface area is 133 Å². The number of hydrogen-bond donors (Lipinski definition) is 1. The van der Waals surface area contributed by atoms with Crippen LogP contribution in [-0.4, -0.2) is 4.98 Å². The topological polar surface area (TPSA) is 38.1 Å². The average molecular weight is 370 g/mol. The van der Waals surface area contributed by atoms with Crippen molar-refractivity contribution in [2.45, 2.75) is 6.54 Å². The third-order valence-electron chi connectivity index (χ3n) is 2.76. The molecule has 3 rings (SSSR count). The fraction of sp³-hybridized carbons (Fsp3) is 0.0714. The van der Waals surface area contributed by atoms with Crippen molar-refractivity contribution in [1.29, 1.82) is 0 Å². The molecule has 0 aliphatic heterocycles. The highest BCUT2D eigenvalue weighted by molar-refractivity contribution is 9.10. The highest BCUT2D eigenvalue weighted by atomic mass is 79.9. The summed E-state index contributed by atoms with van der Waals surface area (Å²) >= 11 is 11.0. The highest BCUT2D eigenvalue weighted by Crippen LogP contribution is 2.32. The molecule has 0 bridgehead atoms. The minimum atomic E-state index is 0.748. The normalized spacial score (nSPS) is 10.7. The smallest absolute Gasteiger partial charge is 0.181 e. The molecule has 102 valence electrons. The molecular weight excluding hydrogens is 360 g/mol. The molecule has 0 fully saturated rings. The molecule has 2 aromatic heterocycles. The zero-order valence-corrected chi connectivity index (χ0v) is 13.4. The van der Waals surface area contributed by atoms with Crippen LogP contribution in [0.15, 0.2) is 51.8 Å². The predicted molar refractivity (Wildman–Crippen MR) is 86.3 cm³/mol. The first-order valence-corrected chi connectivity index (χ1v) is 7.87. The Balaban J connectivity index is 1.66. The summed E-state index contributed by atoms with van der Waals surface area (Å²) in [5.74, 6) is 0.769. The molecule has 0 aliphatic rings. The van der Waals surface area contributed by atoms with Crippen molar-refractivity contribution in [2.75, 3.05) is 5.32 Å². The lowest BCUT2D eigenvalue weighted by molar-refractivity contribution is 0.572. The van der Waals surface area contributed by atoms with Crippen LogP contribution in [0.4, 0.5) is 5.69 Å². The van der Waals surface area contributed by atoms with E-state index in [0.29, 0.717) is 0 Å². The lowest BCUT2D eigenvalue weighted by Gasteiger charge is -2.05. The van der Waals surface area contributed by atoms with E-state index in [1.54, 1.807) is 17.5 Å². The van der Waals surface area contributed by atoms with Crippen molar-refractivity contribution in [3.05, 3.63) is 56.6 Å². The van der Waals surface area contributed by atoms with Gasteiger partial charge in [0.1, 0.15) is 4.34 Å². The molecule has 1 aromatic carbocycles. The van der Waals surface area contributed by atoms with Crippen molar-refractivity contribution < 1.29 is 4.42 Å². The van der Waals surface area contributed by atoms with Gasteiger partial charge in [-0.2, -0.15) is 0 Å². The number of rotatable bonds is 4. The number of benzene rings is 1. The first kappa shape index (κ1) is 13.7. The molecule has 0 spiro atoms. The standard InChI is InChI=1S/C14H10BrClN2OS/c15-12-5-11(20-14(12)16)6-18-10-3-1-9(2-4-10)13-7-17-8-19-13/h1-5,7-8,18H,6H2. The number of thiophene rings is 1. The first-order valence-electron chi connectivity index (χ1n) is 5.89. The highest BCUT2D eigenvalue weighted by Gasteiger charge is 2.05. The van der Waals surface area contributed by atoms with Gasteiger partial charge in [-0.25, -0.2) is 4.98 Å². The Bertz CT molecular complexity index is 675. The first-order chi connectivity index (χ1) is 9.72. The van der Waals surface area contributed by atoms with Crippen LogP contribution in [0.25, 0.3) is 11.3 Å². The van der Waals surface area contributed by atoms with Crippen molar-refractivity contribution in [3.63, 3.8) is 0 Å². The van der Waals surface area contributed by atoms with Gasteiger partial charge >= 0.3 is 0 Å². The zero-order valence-electron chi connectivity index (χ0n) is 10.3. The molecule has 0 unspecified atom stereocenters. The second kappa shape index (κ2) is 5.99. The fourth-order valence-electron chi connectivity index (χ4n) is 1.78. The van der Waals surface area contributed by atoms with Gasteiger partial charge in [0.2, 0.25) is 0 Å². The maximum atomic E-state index is 6.02. The van der Waals surface area contributed by atoms with Gasteiger partial charge in [0, 0.05) is 27.1 Å². The molecule has 3 aromatic rings. The molecule has 6 heteroatoms. The minimum absolute atomic E-state index is 0.748. The lowest BCUT2D eigenvalue weighted by Crippen LogP contribution is -1.96. The van der Waals surface area contributed by atoms with E-state index in [4.69, 9.17) is 16.0 Å². The average Bonchev–Trinajstić information content (AvgIpc) is 3.08. The van der Waals surface area contributed by atoms with Crippen LogP contribution in [0.5, 0.6) is 0 Å². The van der Waals surface area contributed by atoms with Crippen molar-refractivity contribution in [3.8, 4) is 11.3 Å². The van der Waals surface area contributed by atoms with Gasteiger partial charge in [-0.05, 0) is 46.3 Å². The maximum Gasteiger partial charge on any atom is 0.181 e. The fourth-order valence-corrected chi connectivity index (χ4v) is 3.51. The molecule has 0 saturated carbocycles. The number of hydrogen-bond acceptors (Lipinski definition) is 4. The van der Waals surface area contributed by atoms with Crippen molar-refractivity contribution >= 4 is 44.6 Å². The SMILES string of the molecule is Clc1sc(CNc2ccc(-c3cnco3)cc2)cc1Br. The third-order valence-corrected chi connectivity index (χ3v) is 5.24. The predicted octanol–water partition coefficient (Wildman–Crippen LogP) is 5.43. The lowest BCUT2D eigenvalue weighted by atomic mass is 10.2. The van der Waals surface area contributed by atoms with Crippen LogP contribution in [0.3, 0.4) is 0 Å². The summed E-state index contributed by atoms with van der Waals surface area (Å²) in [7, 11) is 0. The van der Waals surface area contributed by atoms with Crippen LogP contribution in [0.2, 0.25) is 4.34 Å². The monoisotopic (exact) mass is 368 g/mol. The van der Waals surface area contributed by atoms with Crippen LogP contribution in [-0.2, 0) is 6.54 Å². The molecule has 0 radical (unpaired) electrons. The van der Waals surface area contributed by atoms with Crippen LogP contribution in [0, 0.1) is 0 Å². The Morgan fingerprint density at radius 1 is 1.30 bits per heavy atom. The summed E-state index contributed by atoms with van der Waals surface area (Å²) in [6.07, 6.45) is 3.13. The van der Waals surface area contributed by atoms with Gasteiger partial charge in [0.25, 0.3) is 0 Å². The maximum absolute atomic E-state index is 6.02. The molecule has 0 atom stereocenters. The van der Waals surface area contributed by atoms with Gasteiger partial charge in [-0.15, -0.1) is 11.3 Å². The number of aromatic nitrogens is 1. The van der Waals surface area contributed by atoms with Gasteiger partial charge in [0.15, 0.2) is 12.2 Å². The van der Waals surface area contributed by atoms with Gasteiger partial charge in [-0.1, -0.05) is 11.6 Å².